The molecule has 0 aromatic heterocycles. The van der Waals surface area contributed by atoms with E-state index in [-0.39, 0.29) is 5.56 Å². The van der Waals surface area contributed by atoms with Crippen molar-refractivity contribution in [3.8, 4) is 6.07 Å². The van der Waals surface area contributed by atoms with Crippen molar-refractivity contribution in [2.45, 2.75) is 5.75 Å². The van der Waals surface area contributed by atoms with Gasteiger partial charge in [0.2, 0.25) is 9.05 Å². The van der Waals surface area contributed by atoms with Crippen LogP contribution in [0.2, 0.25) is 0 Å². The molecule has 0 saturated heterocycles. The highest BCUT2D eigenvalue weighted by Gasteiger charge is 2.15. The number of halogens is 3. The van der Waals surface area contributed by atoms with Gasteiger partial charge in [-0.1, -0.05) is 0 Å². The summed E-state index contributed by atoms with van der Waals surface area (Å²) in [7, 11) is 0.967. The molecule has 80 valence electrons. The first-order chi connectivity index (χ1) is 6.83. The maximum atomic E-state index is 13.0. The van der Waals surface area contributed by atoms with E-state index in [9.17, 15) is 17.2 Å². The molecule has 0 aliphatic heterocycles. The predicted octanol–water partition coefficient (Wildman–Crippen LogP) is 1.91. The lowest BCUT2D eigenvalue weighted by Crippen LogP contribution is -2.00. The lowest BCUT2D eigenvalue weighted by Gasteiger charge is -2.01. The van der Waals surface area contributed by atoms with Gasteiger partial charge in [0.15, 0.2) is 0 Å². The molecule has 7 heteroatoms. The molecule has 0 spiro atoms. The number of nitrogens with zero attached hydrogens (tertiary/aromatic N) is 1. The largest absolute Gasteiger partial charge is 0.236 e. The molecule has 0 aliphatic carbocycles. The van der Waals surface area contributed by atoms with Gasteiger partial charge in [0, 0.05) is 22.3 Å². The summed E-state index contributed by atoms with van der Waals surface area (Å²) < 4.78 is 47.2. The number of hydrogen-bond donors (Lipinski definition) is 0. The second-order valence-corrected chi connectivity index (χ2v) is 5.50. The third kappa shape index (κ3) is 3.15. The lowest BCUT2D eigenvalue weighted by atomic mass is 10.1. The number of hydrogen-bond acceptors (Lipinski definition) is 3. The number of nitriles is 1. The van der Waals surface area contributed by atoms with Gasteiger partial charge in [-0.3, -0.25) is 0 Å². The SMILES string of the molecule is N#Cc1cc(CS(=O)(=O)Cl)c(F)cc1F. The highest BCUT2D eigenvalue weighted by Crippen LogP contribution is 2.18. The Kier molecular flexibility index (Phi) is 3.27. The van der Waals surface area contributed by atoms with Crippen molar-refractivity contribution in [1.82, 2.24) is 0 Å². The van der Waals surface area contributed by atoms with Crippen molar-refractivity contribution < 1.29 is 17.2 Å². The summed E-state index contributed by atoms with van der Waals surface area (Å²) in [5.74, 6) is -2.86. The van der Waals surface area contributed by atoms with Gasteiger partial charge in [-0.2, -0.15) is 5.26 Å². The fraction of sp³-hybridized carbons (Fsp3) is 0.125. The molecule has 0 atom stereocenters. The van der Waals surface area contributed by atoms with Crippen LogP contribution >= 0.6 is 10.7 Å². The van der Waals surface area contributed by atoms with Gasteiger partial charge in [-0.15, -0.1) is 0 Å². The summed E-state index contributed by atoms with van der Waals surface area (Å²) in [6.45, 7) is 0. The van der Waals surface area contributed by atoms with Crippen molar-refractivity contribution in [2.75, 3.05) is 0 Å². The Hall–Kier alpha value is -1.19. The fourth-order valence-electron chi connectivity index (χ4n) is 0.976. The Balaban J connectivity index is 3.27. The monoisotopic (exact) mass is 251 g/mol. The number of rotatable bonds is 2. The minimum absolute atomic E-state index is 0.331. The van der Waals surface area contributed by atoms with Crippen LogP contribution in [0.4, 0.5) is 8.78 Å². The van der Waals surface area contributed by atoms with Crippen molar-refractivity contribution >= 4 is 19.7 Å². The van der Waals surface area contributed by atoms with Gasteiger partial charge in [-0.25, -0.2) is 17.2 Å². The third-order valence-corrected chi connectivity index (χ3v) is 2.57. The summed E-state index contributed by atoms with van der Waals surface area (Å²) >= 11 is 0. The van der Waals surface area contributed by atoms with Gasteiger partial charge in [0.1, 0.15) is 17.7 Å². The van der Waals surface area contributed by atoms with E-state index in [0.29, 0.717) is 6.07 Å². The van der Waals surface area contributed by atoms with Gasteiger partial charge >= 0.3 is 0 Å². The first-order valence-corrected chi connectivity index (χ1v) is 6.11. The number of benzene rings is 1. The van der Waals surface area contributed by atoms with E-state index in [1.165, 1.54) is 6.07 Å². The highest BCUT2D eigenvalue weighted by atomic mass is 35.7. The lowest BCUT2D eigenvalue weighted by molar-refractivity contribution is 0.570. The Bertz CT molecular complexity index is 536. The highest BCUT2D eigenvalue weighted by molar-refractivity contribution is 8.13. The average molecular weight is 252 g/mol. The van der Waals surface area contributed by atoms with Crippen LogP contribution in [0, 0.1) is 23.0 Å². The molecular weight excluding hydrogens is 248 g/mol. The van der Waals surface area contributed by atoms with Crippen molar-refractivity contribution in [1.29, 1.82) is 5.26 Å². The van der Waals surface area contributed by atoms with Crippen LogP contribution in [0.15, 0.2) is 12.1 Å². The first kappa shape index (κ1) is 11.9. The topological polar surface area (TPSA) is 57.9 Å². The standard InChI is InChI=1S/C8H4ClF2NO2S/c9-15(13,14)4-6-1-5(3-12)7(10)2-8(6)11/h1-2H,4H2. The molecular formula is C8H4ClF2NO2S. The van der Waals surface area contributed by atoms with Gasteiger partial charge < -0.3 is 0 Å². The molecule has 0 heterocycles. The normalized spacial score (nSPS) is 11.1. The first-order valence-electron chi connectivity index (χ1n) is 3.64. The second kappa shape index (κ2) is 4.13. The van der Waals surface area contributed by atoms with E-state index in [1.54, 1.807) is 0 Å². The van der Waals surface area contributed by atoms with E-state index >= 15 is 0 Å². The fourth-order valence-corrected chi connectivity index (χ4v) is 1.92. The molecule has 0 N–H and O–H groups in total. The smallest absolute Gasteiger partial charge is 0.212 e. The summed E-state index contributed by atoms with van der Waals surface area (Å²) in [5.41, 5.74) is -0.755. The van der Waals surface area contributed by atoms with Gasteiger partial charge in [0.25, 0.3) is 0 Å². The summed E-state index contributed by atoms with van der Waals surface area (Å²) in [4.78, 5) is 0. The quantitative estimate of drug-likeness (QED) is 0.755. The van der Waals surface area contributed by atoms with Gasteiger partial charge in [0.05, 0.1) is 11.3 Å². The van der Waals surface area contributed by atoms with E-state index in [1.807, 2.05) is 0 Å². The zero-order valence-corrected chi connectivity index (χ0v) is 8.74. The molecule has 0 amide bonds. The summed E-state index contributed by atoms with van der Waals surface area (Å²) in [5, 5.41) is 8.44. The van der Waals surface area contributed by atoms with Crippen LogP contribution < -0.4 is 0 Å². The molecule has 1 rings (SSSR count). The Morgan fingerprint density at radius 3 is 2.40 bits per heavy atom. The summed E-state index contributed by atoms with van der Waals surface area (Å²) in [6, 6.07) is 2.75. The van der Waals surface area contributed by atoms with Crippen LogP contribution in [0.1, 0.15) is 11.1 Å². The van der Waals surface area contributed by atoms with Crippen molar-refractivity contribution in [2.24, 2.45) is 0 Å². The van der Waals surface area contributed by atoms with E-state index in [2.05, 4.69) is 0 Å². The van der Waals surface area contributed by atoms with Crippen LogP contribution in [-0.4, -0.2) is 8.42 Å². The Morgan fingerprint density at radius 2 is 1.93 bits per heavy atom. The molecule has 1 aromatic rings. The maximum absolute atomic E-state index is 13.0. The molecule has 0 aliphatic rings. The average Bonchev–Trinajstić information content (AvgIpc) is 2.07. The Morgan fingerprint density at radius 1 is 1.33 bits per heavy atom. The van der Waals surface area contributed by atoms with E-state index < -0.39 is 32.0 Å². The molecule has 0 radical (unpaired) electrons. The molecule has 3 nitrogen and oxygen atoms in total. The molecule has 0 bridgehead atoms. The molecule has 0 unspecified atom stereocenters. The molecule has 0 fully saturated rings. The van der Waals surface area contributed by atoms with Crippen LogP contribution in [0.5, 0.6) is 0 Å². The molecule has 15 heavy (non-hydrogen) atoms. The maximum Gasteiger partial charge on any atom is 0.236 e. The van der Waals surface area contributed by atoms with Crippen LogP contribution in [0.25, 0.3) is 0 Å². The van der Waals surface area contributed by atoms with Crippen molar-refractivity contribution in [3.63, 3.8) is 0 Å². The zero-order chi connectivity index (χ0) is 11.6. The van der Waals surface area contributed by atoms with Crippen LogP contribution in [0.3, 0.4) is 0 Å². The molecule has 0 saturated carbocycles. The minimum Gasteiger partial charge on any atom is -0.212 e. The molecule has 1 aromatic carbocycles. The van der Waals surface area contributed by atoms with E-state index in [0.717, 1.165) is 6.07 Å². The zero-order valence-electron chi connectivity index (χ0n) is 7.17. The third-order valence-electron chi connectivity index (χ3n) is 1.58. The van der Waals surface area contributed by atoms with E-state index in [4.69, 9.17) is 15.9 Å². The summed E-state index contributed by atoms with van der Waals surface area (Å²) in [6.07, 6.45) is 0. The second-order valence-electron chi connectivity index (χ2n) is 2.72. The van der Waals surface area contributed by atoms with Crippen molar-refractivity contribution in [3.05, 3.63) is 34.9 Å². The predicted molar refractivity (Wildman–Crippen MR) is 49.5 cm³/mol. The van der Waals surface area contributed by atoms with Gasteiger partial charge in [-0.05, 0) is 6.07 Å². The van der Waals surface area contributed by atoms with Crippen LogP contribution in [-0.2, 0) is 14.8 Å². The minimum atomic E-state index is -3.94. The Labute approximate surface area is 89.3 Å².